The zero-order valence-electron chi connectivity index (χ0n) is 15.9. The van der Waals surface area contributed by atoms with Gasteiger partial charge in [0, 0.05) is 25.8 Å². The molecule has 1 aromatic heterocycles. The summed E-state index contributed by atoms with van der Waals surface area (Å²) in [7, 11) is -1.83. The third kappa shape index (κ3) is 4.32. The largest absolute Gasteiger partial charge is 0.336 e. The fraction of sp³-hybridized carbons (Fsp3) is 0.474. The van der Waals surface area contributed by atoms with Gasteiger partial charge in [-0.2, -0.15) is 5.10 Å². The van der Waals surface area contributed by atoms with E-state index in [2.05, 4.69) is 9.82 Å². The molecule has 146 valence electrons. The molecule has 0 bridgehead atoms. The van der Waals surface area contributed by atoms with Gasteiger partial charge in [0.25, 0.3) is 5.91 Å². The first kappa shape index (κ1) is 19.4. The molecule has 0 saturated carbocycles. The van der Waals surface area contributed by atoms with Crippen LogP contribution in [0.5, 0.6) is 0 Å². The maximum Gasteiger partial charge on any atom is 0.272 e. The van der Waals surface area contributed by atoms with E-state index in [0.717, 1.165) is 5.69 Å². The standard InChI is InChI=1S/C19H26N4O3S/c1-14(2)17-12-18(22(3)20-17)19(24)23-11-7-10-16(13-23)27(25,26)21-15-8-5-4-6-9-15/h4-6,8-9,12,14,16,21H,7,10-11,13H2,1-3H3/t16-/m1/s1. The number of rotatable bonds is 5. The summed E-state index contributed by atoms with van der Waals surface area (Å²) >= 11 is 0. The van der Waals surface area contributed by atoms with Crippen molar-refractivity contribution in [1.29, 1.82) is 0 Å². The molecule has 1 aromatic carbocycles. The van der Waals surface area contributed by atoms with E-state index in [1.165, 1.54) is 0 Å². The molecule has 2 heterocycles. The summed E-state index contributed by atoms with van der Waals surface area (Å²) in [4.78, 5) is 14.6. The molecule has 1 aliphatic heterocycles. The molecule has 7 nitrogen and oxygen atoms in total. The molecular formula is C19H26N4O3S. The normalized spacial score (nSPS) is 17.9. The van der Waals surface area contributed by atoms with Gasteiger partial charge in [0.2, 0.25) is 10.0 Å². The van der Waals surface area contributed by atoms with Crippen LogP contribution in [0, 0.1) is 0 Å². The Balaban J connectivity index is 1.74. The van der Waals surface area contributed by atoms with Crippen molar-refractivity contribution in [3.05, 3.63) is 47.8 Å². The highest BCUT2D eigenvalue weighted by molar-refractivity contribution is 7.93. The van der Waals surface area contributed by atoms with Crippen molar-refractivity contribution in [3.8, 4) is 0 Å². The van der Waals surface area contributed by atoms with Crippen molar-refractivity contribution < 1.29 is 13.2 Å². The number of benzene rings is 1. The van der Waals surface area contributed by atoms with Crippen LogP contribution < -0.4 is 4.72 Å². The van der Waals surface area contributed by atoms with Crippen LogP contribution in [0.4, 0.5) is 5.69 Å². The molecule has 0 unspecified atom stereocenters. The molecule has 2 aromatic rings. The van der Waals surface area contributed by atoms with Crippen LogP contribution in [0.1, 0.15) is 48.8 Å². The Morgan fingerprint density at radius 2 is 1.96 bits per heavy atom. The Labute approximate surface area is 160 Å². The van der Waals surface area contributed by atoms with E-state index >= 15 is 0 Å². The van der Waals surface area contributed by atoms with Crippen LogP contribution >= 0.6 is 0 Å². The average Bonchev–Trinajstić information content (AvgIpc) is 3.04. The number of para-hydroxylation sites is 1. The Bertz CT molecular complexity index is 906. The van der Waals surface area contributed by atoms with Crippen molar-refractivity contribution in [2.24, 2.45) is 7.05 Å². The predicted molar refractivity (Wildman–Crippen MR) is 105 cm³/mol. The average molecular weight is 391 g/mol. The number of piperidine rings is 1. The summed E-state index contributed by atoms with van der Waals surface area (Å²) < 4.78 is 29.7. The number of amides is 1. The molecule has 0 radical (unpaired) electrons. The van der Waals surface area contributed by atoms with E-state index in [-0.39, 0.29) is 18.4 Å². The Morgan fingerprint density at radius 1 is 1.26 bits per heavy atom. The number of aryl methyl sites for hydroxylation is 1. The van der Waals surface area contributed by atoms with Crippen LogP contribution in [-0.2, 0) is 17.1 Å². The molecule has 1 amide bonds. The van der Waals surface area contributed by atoms with Crippen LogP contribution in [-0.4, -0.2) is 47.3 Å². The Kier molecular flexibility index (Phi) is 5.55. The minimum Gasteiger partial charge on any atom is -0.336 e. The molecule has 27 heavy (non-hydrogen) atoms. The second-order valence-electron chi connectivity index (χ2n) is 7.26. The number of hydrogen-bond donors (Lipinski definition) is 1. The first-order valence-electron chi connectivity index (χ1n) is 9.18. The number of carbonyl (C=O) groups is 1. The van der Waals surface area contributed by atoms with Crippen LogP contribution in [0.15, 0.2) is 36.4 Å². The maximum atomic E-state index is 12.9. The van der Waals surface area contributed by atoms with Gasteiger partial charge in [-0.3, -0.25) is 14.2 Å². The van der Waals surface area contributed by atoms with Crippen molar-refractivity contribution in [2.45, 2.75) is 37.9 Å². The molecule has 0 spiro atoms. The number of nitrogens with zero attached hydrogens (tertiary/aromatic N) is 3. The Hall–Kier alpha value is -2.35. The summed E-state index contributed by atoms with van der Waals surface area (Å²) in [6.07, 6.45) is 1.19. The van der Waals surface area contributed by atoms with Gasteiger partial charge in [-0.15, -0.1) is 0 Å². The van der Waals surface area contributed by atoms with Crippen molar-refractivity contribution >= 4 is 21.6 Å². The van der Waals surface area contributed by atoms with E-state index in [1.807, 2.05) is 19.9 Å². The van der Waals surface area contributed by atoms with Gasteiger partial charge < -0.3 is 4.90 Å². The van der Waals surface area contributed by atoms with Gasteiger partial charge in [0.05, 0.1) is 10.9 Å². The van der Waals surface area contributed by atoms with Gasteiger partial charge in [-0.1, -0.05) is 32.0 Å². The zero-order valence-corrected chi connectivity index (χ0v) is 16.7. The van der Waals surface area contributed by atoms with E-state index < -0.39 is 15.3 Å². The Morgan fingerprint density at radius 3 is 2.59 bits per heavy atom. The van der Waals surface area contributed by atoms with Gasteiger partial charge in [-0.25, -0.2) is 8.42 Å². The van der Waals surface area contributed by atoms with Crippen molar-refractivity contribution in [3.63, 3.8) is 0 Å². The summed E-state index contributed by atoms with van der Waals surface area (Å²) in [5.41, 5.74) is 1.88. The molecular weight excluding hydrogens is 364 g/mol. The number of anilines is 1. The smallest absolute Gasteiger partial charge is 0.272 e. The summed E-state index contributed by atoms with van der Waals surface area (Å²) in [6.45, 7) is 4.78. The molecule has 1 fully saturated rings. The van der Waals surface area contributed by atoms with E-state index in [9.17, 15) is 13.2 Å². The van der Waals surface area contributed by atoms with Gasteiger partial charge >= 0.3 is 0 Å². The lowest BCUT2D eigenvalue weighted by Crippen LogP contribution is -2.47. The molecule has 1 aliphatic rings. The second kappa shape index (κ2) is 7.72. The minimum atomic E-state index is -3.57. The number of hydrogen-bond acceptors (Lipinski definition) is 4. The van der Waals surface area contributed by atoms with Gasteiger partial charge in [-0.05, 0) is 37.0 Å². The predicted octanol–water partition coefficient (Wildman–Crippen LogP) is 2.59. The summed E-state index contributed by atoms with van der Waals surface area (Å²) in [5, 5.41) is 3.76. The number of carbonyl (C=O) groups excluding carboxylic acids is 1. The first-order valence-corrected chi connectivity index (χ1v) is 10.7. The van der Waals surface area contributed by atoms with Crippen molar-refractivity contribution in [1.82, 2.24) is 14.7 Å². The highest BCUT2D eigenvalue weighted by atomic mass is 32.2. The quantitative estimate of drug-likeness (QED) is 0.850. The number of aromatic nitrogens is 2. The highest BCUT2D eigenvalue weighted by Gasteiger charge is 2.34. The lowest BCUT2D eigenvalue weighted by molar-refractivity contribution is 0.0716. The second-order valence-corrected chi connectivity index (χ2v) is 9.22. The minimum absolute atomic E-state index is 0.170. The molecule has 1 N–H and O–H groups in total. The van der Waals surface area contributed by atoms with E-state index in [1.54, 1.807) is 47.0 Å². The maximum absolute atomic E-state index is 12.9. The monoisotopic (exact) mass is 390 g/mol. The molecule has 0 aliphatic carbocycles. The topological polar surface area (TPSA) is 84.3 Å². The molecule has 1 atom stereocenters. The van der Waals surface area contributed by atoms with Crippen LogP contribution in [0.25, 0.3) is 0 Å². The van der Waals surface area contributed by atoms with Crippen LogP contribution in [0.2, 0.25) is 0 Å². The molecule has 3 rings (SSSR count). The highest BCUT2D eigenvalue weighted by Crippen LogP contribution is 2.22. The zero-order chi connectivity index (χ0) is 19.6. The number of nitrogens with one attached hydrogen (secondary N) is 1. The number of likely N-dealkylation sites (tertiary alicyclic amines) is 1. The summed E-state index contributed by atoms with van der Waals surface area (Å²) in [5.74, 6) is 0.0545. The van der Waals surface area contributed by atoms with E-state index in [4.69, 9.17) is 0 Å². The first-order chi connectivity index (χ1) is 12.8. The lowest BCUT2D eigenvalue weighted by Gasteiger charge is -2.32. The lowest BCUT2D eigenvalue weighted by atomic mass is 10.1. The SMILES string of the molecule is CC(C)c1cc(C(=O)N2CCC[C@@H](S(=O)(=O)Nc3ccccc3)C2)n(C)n1. The third-order valence-electron chi connectivity index (χ3n) is 4.85. The van der Waals surface area contributed by atoms with Crippen LogP contribution in [0.3, 0.4) is 0 Å². The van der Waals surface area contributed by atoms with Gasteiger partial charge in [0.1, 0.15) is 5.69 Å². The molecule has 8 heteroatoms. The fourth-order valence-corrected chi connectivity index (χ4v) is 4.75. The summed E-state index contributed by atoms with van der Waals surface area (Å²) in [6, 6.07) is 10.6. The fourth-order valence-electron chi connectivity index (χ4n) is 3.26. The van der Waals surface area contributed by atoms with Gasteiger partial charge in [0.15, 0.2) is 0 Å². The third-order valence-corrected chi connectivity index (χ3v) is 6.63. The van der Waals surface area contributed by atoms with Crippen molar-refractivity contribution in [2.75, 3.05) is 17.8 Å². The van der Waals surface area contributed by atoms with E-state index in [0.29, 0.717) is 30.8 Å². The number of sulfonamides is 1. The molecule has 1 saturated heterocycles.